The van der Waals surface area contributed by atoms with Gasteiger partial charge < -0.3 is 10.6 Å². The standard InChI is InChI=1S/C20H19N3O3/c1-14(24)21-16-6-8-17(9-7-16)22-19(25)10-11-20(26)23-13-12-15-4-2-3-5-18(15)23/h2-9,12-13H,10-11H2,1H3,(H,21,24)(H,22,25). The molecule has 0 aliphatic heterocycles. The Labute approximate surface area is 150 Å². The van der Waals surface area contributed by atoms with E-state index in [0.717, 1.165) is 10.9 Å². The summed E-state index contributed by atoms with van der Waals surface area (Å²) >= 11 is 0. The van der Waals surface area contributed by atoms with Crippen LogP contribution in [0.4, 0.5) is 11.4 Å². The molecule has 0 atom stereocenters. The number of benzene rings is 2. The number of nitrogens with one attached hydrogen (secondary N) is 2. The van der Waals surface area contributed by atoms with Crippen LogP contribution in [0.3, 0.4) is 0 Å². The molecule has 0 fully saturated rings. The second-order valence-electron chi connectivity index (χ2n) is 5.95. The van der Waals surface area contributed by atoms with Crippen LogP contribution in [0.5, 0.6) is 0 Å². The van der Waals surface area contributed by atoms with Crippen molar-refractivity contribution in [1.29, 1.82) is 0 Å². The number of rotatable bonds is 5. The van der Waals surface area contributed by atoms with Gasteiger partial charge in [0.2, 0.25) is 17.7 Å². The Balaban J connectivity index is 1.55. The number of nitrogens with zero attached hydrogens (tertiary/aromatic N) is 1. The highest BCUT2D eigenvalue weighted by Crippen LogP contribution is 2.17. The molecular weight excluding hydrogens is 330 g/mol. The Bertz CT molecular complexity index is 958. The van der Waals surface area contributed by atoms with Crippen LogP contribution in [0.25, 0.3) is 10.9 Å². The summed E-state index contributed by atoms with van der Waals surface area (Å²) in [6, 6.07) is 16.3. The van der Waals surface area contributed by atoms with E-state index < -0.39 is 0 Å². The van der Waals surface area contributed by atoms with E-state index in [9.17, 15) is 14.4 Å². The molecule has 1 heterocycles. The molecule has 0 spiro atoms. The minimum absolute atomic E-state index is 0.0960. The van der Waals surface area contributed by atoms with Crippen LogP contribution in [0, 0.1) is 0 Å². The minimum Gasteiger partial charge on any atom is -0.326 e. The molecule has 2 N–H and O–H groups in total. The summed E-state index contributed by atoms with van der Waals surface area (Å²) < 4.78 is 1.57. The molecule has 6 nitrogen and oxygen atoms in total. The Hall–Kier alpha value is -3.41. The van der Waals surface area contributed by atoms with Crippen LogP contribution in [-0.2, 0) is 9.59 Å². The SMILES string of the molecule is CC(=O)Nc1ccc(NC(=O)CCC(=O)n2ccc3ccccc32)cc1. The van der Waals surface area contributed by atoms with E-state index >= 15 is 0 Å². The van der Waals surface area contributed by atoms with Crippen LogP contribution < -0.4 is 10.6 Å². The molecule has 0 aliphatic carbocycles. The maximum atomic E-state index is 12.4. The smallest absolute Gasteiger partial charge is 0.231 e. The lowest BCUT2D eigenvalue weighted by atomic mass is 10.2. The Morgan fingerprint density at radius 2 is 1.50 bits per heavy atom. The van der Waals surface area contributed by atoms with E-state index in [2.05, 4.69) is 10.6 Å². The van der Waals surface area contributed by atoms with Gasteiger partial charge in [-0.3, -0.25) is 19.0 Å². The first-order valence-corrected chi connectivity index (χ1v) is 8.30. The second-order valence-corrected chi connectivity index (χ2v) is 5.95. The molecule has 0 aliphatic rings. The fourth-order valence-corrected chi connectivity index (χ4v) is 2.71. The number of hydrogen-bond donors (Lipinski definition) is 2. The molecule has 132 valence electrons. The molecule has 0 saturated carbocycles. The molecule has 2 amide bonds. The van der Waals surface area contributed by atoms with Gasteiger partial charge in [-0.2, -0.15) is 0 Å². The Morgan fingerprint density at radius 1 is 0.846 bits per heavy atom. The Morgan fingerprint density at radius 3 is 2.19 bits per heavy atom. The predicted molar refractivity (Wildman–Crippen MR) is 101 cm³/mol. The van der Waals surface area contributed by atoms with Crippen molar-refractivity contribution in [2.24, 2.45) is 0 Å². The number of para-hydroxylation sites is 1. The maximum Gasteiger partial charge on any atom is 0.231 e. The monoisotopic (exact) mass is 349 g/mol. The summed E-state index contributed by atoms with van der Waals surface area (Å²) in [6.07, 6.45) is 1.94. The molecule has 0 unspecified atom stereocenters. The van der Waals surface area contributed by atoms with Gasteiger partial charge in [-0.15, -0.1) is 0 Å². The number of hydrogen-bond acceptors (Lipinski definition) is 3. The molecule has 2 aromatic carbocycles. The summed E-state index contributed by atoms with van der Waals surface area (Å²) in [4.78, 5) is 35.4. The van der Waals surface area contributed by atoms with Gasteiger partial charge in [0.1, 0.15) is 0 Å². The first-order valence-electron chi connectivity index (χ1n) is 8.30. The zero-order valence-electron chi connectivity index (χ0n) is 14.4. The lowest BCUT2D eigenvalue weighted by Gasteiger charge is -2.07. The average molecular weight is 349 g/mol. The normalized spacial score (nSPS) is 10.5. The number of anilines is 2. The van der Waals surface area contributed by atoms with Gasteiger partial charge in [0.05, 0.1) is 5.52 Å². The van der Waals surface area contributed by atoms with Crippen molar-refractivity contribution in [2.45, 2.75) is 19.8 Å². The van der Waals surface area contributed by atoms with Crippen LogP contribution in [0.1, 0.15) is 24.6 Å². The van der Waals surface area contributed by atoms with E-state index in [1.165, 1.54) is 6.92 Å². The lowest BCUT2D eigenvalue weighted by Crippen LogP contribution is -2.16. The molecule has 3 rings (SSSR count). The summed E-state index contributed by atoms with van der Waals surface area (Å²) in [6.45, 7) is 1.43. The lowest BCUT2D eigenvalue weighted by molar-refractivity contribution is -0.116. The minimum atomic E-state index is -0.234. The van der Waals surface area contributed by atoms with Crippen molar-refractivity contribution in [2.75, 3.05) is 10.6 Å². The topological polar surface area (TPSA) is 80.2 Å². The summed E-state index contributed by atoms with van der Waals surface area (Å²) in [7, 11) is 0. The zero-order chi connectivity index (χ0) is 18.5. The number of fused-ring (bicyclic) bond motifs is 1. The fraction of sp³-hybridized carbons (Fsp3) is 0.150. The van der Waals surface area contributed by atoms with Gasteiger partial charge in [0, 0.05) is 42.7 Å². The van der Waals surface area contributed by atoms with E-state index in [4.69, 9.17) is 0 Å². The fourth-order valence-electron chi connectivity index (χ4n) is 2.71. The van der Waals surface area contributed by atoms with Crippen LogP contribution in [0.15, 0.2) is 60.8 Å². The van der Waals surface area contributed by atoms with E-state index in [1.54, 1.807) is 35.0 Å². The first-order chi connectivity index (χ1) is 12.5. The first kappa shape index (κ1) is 17.4. The molecular formula is C20H19N3O3. The van der Waals surface area contributed by atoms with Gasteiger partial charge in [0.25, 0.3) is 0 Å². The van der Waals surface area contributed by atoms with Crippen LogP contribution in [0.2, 0.25) is 0 Å². The van der Waals surface area contributed by atoms with Gasteiger partial charge in [-0.1, -0.05) is 18.2 Å². The van der Waals surface area contributed by atoms with Crippen molar-refractivity contribution in [3.63, 3.8) is 0 Å². The number of carbonyl (C=O) groups excluding carboxylic acids is 3. The Kier molecular flexibility index (Phi) is 5.12. The van der Waals surface area contributed by atoms with E-state index in [0.29, 0.717) is 11.4 Å². The highest BCUT2D eigenvalue weighted by Gasteiger charge is 2.11. The van der Waals surface area contributed by atoms with Gasteiger partial charge in [-0.05, 0) is 36.4 Å². The predicted octanol–water partition coefficient (Wildman–Crippen LogP) is 3.66. The van der Waals surface area contributed by atoms with Crippen molar-refractivity contribution < 1.29 is 14.4 Å². The third-order valence-corrected chi connectivity index (χ3v) is 3.92. The summed E-state index contributed by atoms with van der Waals surface area (Å²) in [5.41, 5.74) is 2.11. The molecule has 0 radical (unpaired) electrons. The third kappa shape index (κ3) is 4.16. The largest absolute Gasteiger partial charge is 0.326 e. The van der Waals surface area contributed by atoms with E-state index in [1.807, 2.05) is 30.3 Å². The molecule has 6 heteroatoms. The average Bonchev–Trinajstić information content (AvgIpc) is 3.05. The van der Waals surface area contributed by atoms with Crippen LogP contribution in [-0.4, -0.2) is 22.3 Å². The number of amides is 2. The van der Waals surface area contributed by atoms with Gasteiger partial charge in [-0.25, -0.2) is 0 Å². The van der Waals surface area contributed by atoms with Crippen molar-refractivity contribution in [3.8, 4) is 0 Å². The second kappa shape index (κ2) is 7.65. The molecule has 0 saturated heterocycles. The van der Waals surface area contributed by atoms with E-state index in [-0.39, 0.29) is 30.6 Å². The van der Waals surface area contributed by atoms with Gasteiger partial charge >= 0.3 is 0 Å². The van der Waals surface area contributed by atoms with Gasteiger partial charge in [0.15, 0.2) is 0 Å². The highest BCUT2D eigenvalue weighted by molar-refractivity contribution is 5.97. The zero-order valence-corrected chi connectivity index (χ0v) is 14.4. The molecule has 3 aromatic rings. The molecule has 26 heavy (non-hydrogen) atoms. The highest BCUT2D eigenvalue weighted by atomic mass is 16.2. The van der Waals surface area contributed by atoms with Crippen LogP contribution >= 0.6 is 0 Å². The maximum absolute atomic E-state index is 12.4. The molecule has 0 bridgehead atoms. The summed E-state index contributed by atoms with van der Waals surface area (Å²) in [5, 5.41) is 6.39. The van der Waals surface area contributed by atoms with Crippen molar-refractivity contribution in [1.82, 2.24) is 4.57 Å². The molecule has 1 aromatic heterocycles. The number of carbonyl (C=O) groups is 3. The quantitative estimate of drug-likeness (QED) is 0.738. The number of aromatic nitrogens is 1. The third-order valence-electron chi connectivity index (χ3n) is 3.92. The van der Waals surface area contributed by atoms with Crippen molar-refractivity contribution in [3.05, 3.63) is 60.8 Å². The van der Waals surface area contributed by atoms with Crippen molar-refractivity contribution >= 4 is 40.0 Å². The summed E-state index contributed by atoms with van der Waals surface area (Å²) in [5.74, 6) is -0.512.